The van der Waals surface area contributed by atoms with Crippen LogP contribution in [0.3, 0.4) is 0 Å². The Balaban J connectivity index is 1.57. The van der Waals surface area contributed by atoms with Gasteiger partial charge in [0, 0.05) is 11.8 Å². The molecule has 0 unspecified atom stereocenters. The lowest BCUT2D eigenvalue weighted by Gasteiger charge is -2.15. The van der Waals surface area contributed by atoms with Gasteiger partial charge in [-0.25, -0.2) is 4.79 Å². The van der Waals surface area contributed by atoms with Crippen LogP contribution in [-0.2, 0) is 14.4 Å². The van der Waals surface area contributed by atoms with Gasteiger partial charge in [0.1, 0.15) is 6.54 Å². The number of urea groups is 1. The second-order valence-corrected chi connectivity index (χ2v) is 6.95. The number of imide groups is 2. The van der Waals surface area contributed by atoms with E-state index in [1.165, 1.54) is 0 Å². The average molecular weight is 415 g/mol. The minimum Gasteiger partial charge on any atom is -0.490 e. The Labute approximate surface area is 174 Å². The van der Waals surface area contributed by atoms with Crippen molar-refractivity contribution >= 4 is 29.4 Å². The molecule has 9 nitrogen and oxygen atoms in total. The minimum absolute atomic E-state index is 0.363. The predicted molar refractivity (Wildman–Crippen MR) is 108 cm³/mol. The number of rotatable bonds is 7. The van der Waals surface area contributed by atoms with Crippen LogP contribution >= 0.6 is 0 Å². The number of hydrogen-bond donors (Lipinski definition) is 2. The van der Waals surface area contributed by atoms with E-state index in [1.54, 1.807) is 18.2 Å². The molecule has 30 heavy (non-hydrogen) atoms. The first-order chi connectivity index (χ1) is 14.4. The molecule has 0 aromatic heterocycles. The van der Waals surface area contributed by atoms with Gasteiger partial charge in [0.25, 0.3) is 0 Å². The van der Waals surface area contributed by atoms with Crippen LogP contribution in [0.1, 0.15) is 26.7 Å². The molecule has 0 spiro atoms. The topological polar surface area (TPSA) is 114 Å². The van der Waals surface area contributed by atoms with Crippen LogP contribution in [0.25, 0.3) is 0 Å². The molecule has 0 bridgehead atoms. The van der Waals surface area contributed by atoms with Gasteiger partial charge in [-0.3, -0.25) is 24.6 Å². The van der Waals surface area contributed by atoms with Crippen LogP contribution in [-0.4, -0.2) is 48.4 Å². The van der Waals surface area contributed by atoms with Crippen LogP contribution in [0.5, 0.6) is 11.5 Å². The summed E-state index contributed by atoms with van der Waals surface area (Å²) in [5.74, 6) is -1.28. The molecule has 1 aliphatic heterocycles. The molecule has 0 saturated carbocycles. The van der Waals surface area contributed by atoms with E-state index in [-0.39, 0.29) is 11.8 Å². The van der Waals surface area contributed by atoms with Gasteiger partial charge in [-0.05, 0) is 38.8 Å². The third-order valence-electron chi connectivity index (χ3n) is 4.95. The van der Waals surface area contributed by atoms with Crippen molar-refractivity contribution in [2.24, 2.45) is 11.8 Å². The Bertz CT molecular complexity index is 855. The van der Waals surface area contributed by atoms with Crippen LogP contribution in [0, 0.1) is 11.8 Å². The van der Waals surface area contributed by atoms with E-state index in [1.807, 2.05) is 26.0 Å². The fourth-order valence-electron chi connectivity index (χ4n) is 3.63. The molecule has 2 aliphatic rings. The summed E-state index contributed by atoms with van der Waals surface area (Å²) in [6.45, 7) is 4.08. The van der Waals surface area contributed by atoms with Crippen LogP contribution in [0.2, 0.25) is 0 Å². The van der Waals surface area contributed by atoms with Crippen molar-refractivity contribution in [2.45, 2.75) is 26.7 Å². The quantitative estimate of drug-likeness (QED) is 0.521. The lowest BCUT2D eigenvalue weighted by Crippen LogP contribution is -2.44. The first-order valence-corrected chi connectivity index (χ1v) is 9.95. The zero-order valence-corrected chi connectivity index (χ0v) is 17.0. The van der Waals surface area contributed by atoms with Crippen LogP contribution < -0.4 is 20.1 Å². The summed E-state index contributed by atoms with van der Waals surface area (Å²) in [4.78, 5) is 50.2. The van der Waals surface area contributed by atoms with Gasteiger partial charge in [0.05, 0.1) is 25.0 Å². The number of carbonyl (C=O) groups is 4. The number of fused-ring (bicyclic) bond motifs is 1. The van der Waals surface area contributed by atoms with Gasteiger partial charge < -0.3 is 14.8 Å². The molecule has 1 saturated heterocycles. The SMILES string of the molecule is CCOc1ccc(NC(=O)NC(=O)CN2C(=O)[C@@H]3CC=CC[C@H]3C2=O)cc1OCC. The Morgan fingerprint density at radius 1 is 1.00 bits per heavy atom. The summed E-state index contributed by atoms with van der Waals surface area (Å²) in [5.41, 5.74) is 0.401. The summed E-state index contributed by atoms with van der Waals surface area (Å²) < 4.78 is 11.0. The van der Waals surface area contributed by atoms with Crippen LogP contribution in [0.4, 0.5) is 10.5 Å². The molecular formula is C21H25N3O6. The summed E-state index contributed by atoms with van der Waals surface area (Å²) >= 11 is 0. The number of benzene rings is 1. The number of nitrogens with zero attached hydrogens (tertiary/aromatic N) is 1. The van der Waals surface area contributed by atoms with Crippen molar-refractivity contribution < 1.29 is 28.7 Å². The smallest absolute Gasteiger partial charge is 0.325 e. The van der Waals surface area contributed by atoms with Crippen molar-refractivity contribution in [2.75, 3.05) is 25.1 Å². The molecule has 1 fully saturated rings. The number of likely N-dealkylation sites (tertiary alicyclic amines) is 1. The highest BCUT2D eigenvalue weighted by Gasteiger charge is 2.47. The molecule has 9 heteroatoms. The normalized spacial score (nSPS) is 20.0. The van der Waals surface area contributed by atoms with Crippen LogP contribution in [0.15, 0.2) is 30.4 Å². The van der Waals surface area contributed by atoms with E-state index in [0.29, 0.717) is 43.2 Å². The van der Waals surface area contributed by atoms with E-state index in [2.05, 4.69) is 10.6 Å². The van der Waals surface area contributed by atoms with Crippen molar-refractivity contribution in [3.8, 4) is 11.5 Å². The van der Waals surface area contributed by atoms with E-state index in [0.717, 1.165) is 4.90 Å². The number of ether oxygens (including phenoxy) is 2. The lowest BCUT2D eigenvalue weighted by atomic mass is 9.85. The zero-order chi connectivity index (χ0) is 21.7. The Morgan fingerprint density at radius 2 is 1.60 bits per heavy atom. The maximum Gasteiger partial charge on any atom is 0.325 e. The molecule has 0 radical (unpaired) electrons. The first-order valence-electron chi connectivity index (χ1n) is 9.95. The number of anilines is 1. The largest absolute Gasteiger partial charge is 0.490 e. The monoisotopic (exact) mass is 415 g/mol. The molecule has 1 heterocycles. The van der Waals surface area contributed by atoms with Gasteiger partial charge in [-0.2, -0.15) is 0 Å². The van der Waals surface area contributed by atoms with Gasteiger partial charge in [-0.15, -0.1) is 0 Å². The summed E-state index contributed by atoms with van der Waals surface area (Å²) in [6.07, 6.45) is 4.73. The summed E-state index contributed by atoms with van der Waals surface area (Å²) in [5, 5.41) is 4.68. The van der Waals surface area contributed by atoms with Crippen molar-refractivity contribution in [1.82, 2.24) is 10.2 Å². The van der Waals surface area contributed by atoms with E-state index >= 15 is 0 Å². The molecule has 2 atom stereocenters. The molecule has 3 rings (SSSR count). The highest BCUT2D eigenvalue weighted by molar-refractivity contribution is 6.09. The van der Waals surface area contributed by atoms with Gasteiger partial charge in [0.15, 0.2) is 11.5 Å². The Hall–Kier alpha value is -3.36. The van der Waals surface area contributed by atoms with Gasteiger partial charge in [0.2, 0.25) is 17.7 Å². The molecular weight excluding hydrogens is 390 g/mol. The number of amides is 5. The summed E-state index contributed by atoms with van der Waals surface area (Å²) in [7, 11) is 0. The fraction of sp³-hybridized carbons (Fsp3) is 0.429. The number of hydrogen-bond acceptors (Lipinski definition) is 6. The maximum absolute atomic E-state index is 12.4. The van der Waals surface area contributed by atoms with E-state index in [4.69, 9.17) is 9.47 Å². The van der Waals surface area contributed by atoms with Gasteiger partial charge >= 0.3 is 6.03 Å². The first kappa shape index (κ1) is 21.4. The second-order valence-electron chi connectivity index (χ2n) is 6.95. The Morgan fingerprint density at radius 3 is 2.20 bits per heavy atom. The Kier molecular flexibility index (Phi) is 6.71. The molecule has 1 aromatic carbocycles. The molecule has 1 aromatic rings. The fourth-order valence-corrected chi connectivity index (χ4v) is 3.63. The van der Waals surface area contributed by atoms with Gasteiger partial charge in [-0.1, -0.05) is 12.2 Å². The standard InChI is InChI=1S/C21H25N3O6/c1-3-29-16-10-9-13(11-17(16)30-4-2)22-21(28)23-18(25)12-24-19(26)14-7-5-6-8-15(14)20(24)27/h5-6,9-11,14-15H,3-4,7-8,12H2,1-2H3,(H2,22,23,25,28)/t14-,15-/m1/s1. The molecule has 5 amide bonds. The third-order valence-corrected chi connectivity index (χ3v) is 4.95. The molecule has 2 N–H and O–H groups in total. The average Bonchev–Trinajstić information content (AvgIpc) is 2.95. The molecule has 160 valence electrons. The minimum atomic E-state index is -0.773. The van der Waals surface area contributed by atoms with Crippen molar-refractivity contribution in [3.63, 3.8) is 0 Å². The number of carbonyl (C=O) groups excluding carboxylic acids is 4. The summed E-state index contributed by atoms with van der Waals surface area (Å²) in [6, 6.07) is 4.08. The predicted octanol–water partition coefficient (Wildman–Crippen LogP) is 2.08. The van der Waals surface area contributed by atoms with Crippen molar-refractivity contribution in [3.05, 3.63) is 30.4 Å². The maximum atomic E-state index is 12.4. The number of nitrogens with one attached hydrogen (secondary N) is 2. The number of allylic oxidation sites excluding steroid dienone is 2. The highest BCUT2D eigenvalue weighted by Crippen LogP contribution is 2.35. The lowest BCUT2D eigenvalue weighted by molar-refractivity contribution is -0.143. The highest BCUT2D eigenvalue weighted by atomic mass is 16.5. The van der Waals surface area contributed by atoms with E-state index < -0.39 is 30.3 Å². The second kappa shape index (κ2) is 9.43. The van der Waals surface area contributed by atoms with E-state index in [9.17, 15) is 19.2 Å². The third kappa shape index (κ3) is 4.61. The zero-order valence-electron chi connectivity index (χ0n) is 17.0. The molecule has 1 aliphatic carbocycles. The van der Waals surface area contributed by atoms with Crippen molar-refractivity contribution in [1.29, 1.82) is 0 Å².